The van der Waals surface area contributed by atoms with E-state index in [4.69, 9.17) is 5.11 Å². The zero-order valence-electron chi connectivity index (χ0n) is 10.6. The van der Waals surface area contributed by atoms with Crippen LogP contribution in [0.5, 0.6) is 0 Å². The molecule has 1 aliphatic rings. The molecule has 100 valence electrons. The summed E-state index contributed by atoms with van der Waals surface area (Å²) in [5, 5.41) is 17.6. The SMILES string of the molecule is O=C(O)c1ccc2nn(CCN3CCCC3)nc2c1. The zero-order valence-corrected chi connectivity index (χ0v) is 10.6. The summed E-state index contributed by atoms with van der Waals surface area (Å²) in [6.45, 7) is 4.01. The van der Waals surface area contributed by atoms with E-state index in [9.17, 15) is 4.79 Å². The average Bonchev–Trinajstić information content (AvgIpc) is 3.04. The van der Waals surface area contributed by atoms with Gasteiger partial charge in [-0.1, -0.05) is 0 Å². The van der Waals surface area contributed by atoms with Gasteiger partial charge >= 0.3 is 5.97 Å². The van der Waals surface area contributed by atoms with Crippen molar-refractivity contribution < 1.29 is 9.90 Å². The quantitative estimate of drug-likeness (QED) is 0.895. The molecular weight excluding hydrogens is 244 g/mol. The first-order chi connectivity index (χ1) is 9.22. The molecule has 1 fully saturated rings. The molecule has 3 rings (SSSR count). The Kier molecular flexibility index (Phi) is 3.16. The van der Waals surface area contributed by atoms with Gasteiger partial charge in [0.25, 0.3) is 0 Å². The molecular formula is C13H16N4O2. The van der Waals surface area contributed by atoms with Gasteiger partial charge in [0.15, 0.2) is 0 Å². The Labute approximate surface area is 110 Å². The van der Waals surface area contributed by atoms with Crippen molar-refractivity contribution in [1.82, 2.24) is 19.9 Å². The van der Waals surface area contributed by atoms with E-state index in [2.05, 4.69) is 15.1 Å². The van der Waals surface area contributed by atoms with Crippen molar-refractivity contribution in [3.05, 3.63) is 23.8 Å². The second-order valence-electron chi connectivity index (χ2n) is 4.85. The number of likely N-dealkylation sites (tertiary alicyclic amines) is 1. The van der Waals surface area contributed by atoms with E-state index in [-0.39, 0.29) is 5.56 Å². The van der Waals surface area contributed by atoms with E-state index in [1.807, 2.05) is 0 Å². The Morgan fingerprint density at radius 2 is 1.89 bits per heavy atom. The summed E-state index contributed by atoms with van der Waals surface area (Å²) in [6.07, 6.45) is 2.55. The lowest BCUT2D eigenvalue weighted by atomic mass is 10.2. The number of rotatable bonds is 4. The third-order valence-electron chi connectivity index (χ3n) is 3.48. The Hall–Kier alpha value is -1.95. The van der Waals surface area contributed by atoms with Crippen molar-refractivity contribution in [3.63, 3.8) is 0 Å². The number of nitrogens with zero attached hydrogens (tertiary/aromatic N) is 4. The van der Waals surface area contributed by atoms with Crippen LogP contribution in [-0.4, -0.2) is 50.6 Å². The number of aromatic nitrogens is 3. The van der Waals surface area contributed by atoms with E-state index in [0.29, 0.717) is 5.52 Å². The fourth-order valence-electron chi connectivity index (χ4n) is 2.43. The average molecular weight is 260 g/mol. The van der Waals surface area contributed by atoms with Crippen LogP contribution >= 0.6 is 0 Å². The lowest BCUT2D eigenvalue weighted by Crippen LogP contribution is -2.24. The van der Waals surface area contributed by atoms with Crippen LogP contribution in [0.1, 0.15) is 23.2 Å². The monoisotopic (exact) mass is 260 g/mol. The van der Waals surface area contributed by atoms with Crippen molar-refractivity contribution in [2.24, 2.45) is 0 Å². The van der Waals surface area contributed by atoms with E-state index in [0.717, 1.165) is 31.7 Å². The molecule has 6 nitrogen and oxygen atoms in total. The summed E-state index contributed by atoms with van der Waals surface area (Å²) >= 11 is 0. The van der Waals surface area contributed by atoms with Gasteiger partial charge in [-0.05, 0) is 44.1 Å². The van der Waals surface area contributed by atoms with Crippen LogP contribution in [0.3, 0.4) is 0 Å². The fourth-order valence-corrected chi connectivity index (χ4v) is 2.43. The summed E-state index contributed by atoms with van der Waals surface area (Å²) in [5.41, 5.74) is 1.63. The van der Waals surface area contributed by atoms with Crippen molar-refractivity contribution in [2.45, 2.75) is 19.4 Å². The molecule has 0 aliphatic carbocycles. The minimum atomic E-state index is -0.937. The maximum atomic E-state index is 10.9. The first-order valence-electron chi connectivity index (χ1n) is 6.53. The Balaban J connectivity index is 1.75. The fraction of sp³-hybridized carbons (Fsp3) is 0.462. The highest BCUT2D eigenvalue weighted by Crippen LogP contribution is 2.12. The van der Waals surface area contributed by atoms with Crippen LogP contribution in [0.2, 0.25) is 0 Å². The van der Waals surface area contributed by atoms with Crippen molar-refractivity contribution >= 4 is 17.0 Å². The normalized spacial score (nSPS) is 16.2. The number of fused-ring (bicyclic) bond motifs is 1. The standard InChI is InChI=1S/C13H16N4O2/c18-13(19)10-3-4-11-12(9-10)15-17(14-11)8-7-16-5-1-2-6-16/h3-4,9H,1-2,5-8H2,(H,18,19). The largest absolute Gasteiger partial charge is 0.478 e. The highest BCUT2D eigenvalue weighted by molar-refractivity contribution is 5.91. The van der Waals surface area contributed by atoms with E-state index in [1.54, 1.807) is 23.0 Å². The molecule has 0 atom stereocenters. The molecule has 1 aliphatic heterocycles. The molecule has 2 aromatic rings. The first kappa shape index (κ1) is 12.1. The molecule has 0 spiro atoms. The van der Waals surface area contributed by atoms with E-state index < -0.39 is 5.97 Å². The molecule has 1 N–H and O–H groups in total. The molecule has 19 heavy (non-hydrogen) atoms. The van der Waals surface area contributed by atoms with Crippen LogP contribution in [0, 0.1) is 0 Å². The van der Waals surface area contributed by atoms with Gasteiger partial charge in [-0.25, -0.2) is 4.79 Å². The second-order valence-corrected chi connectivity index (χ2v) is 4.85. The van der Waals surface area contributed by atoms with Gasteiger partial charge in [-0.15, -0.1) is 0 Å². The molecule has 0 unspecified atom stereocenters. The van der Waals surface area contributed by atoms with Gasteiger partial charge in [0.2, 0.25) is 0 Å². The van der Waals surface area contributed by atoms with Crippen LogP contribution < -0.4 is 0 Å². The van der Waals surface area contributed by atoms with E-state index in [1.165, 1.54) is 12.8 Å². The summed E-state index contributed by atoms with van der Waals surface area (Å²) in [5.74, 6) is -0.937. The topological polar surface area (TPSA) is 71.2 Å². The van der Waals surface area contributed by atoms with Gasteiger partial charge in [-0.2, -0.15) is 15.0 Å². The minimum absolute atomic E-state index is 0.249. The van der Waals surface area contributed by atoms with Gasteiger partial charge in [0.05, 0.1) is 12.1 Å². The van der Waals surface area contributed by atoms with Crippen LogP contribution in [0.15, 0.2) is 18.2 Å². The van der Waals surface area contributed by atoms with Crippen LogP contribution in [0.25, 0.3) is 11.0 Å². The molecule has 0 amide bonds. The summed E-state index contributed by atoms with van der Waals surface area (Å²) < 4.78 is 0. The van der Waals surface area contributed by atoms with Gasteiger partial charge in [0.1, 0.15) is 11.0 Å². The lowest BCUT2D eigenvalue weighted by Gasteiger charge is -2.12. The number of benzene rings is 1. The maximum absolute atomic E-state index is 10.9. The smallest absolute Gasteiger partial charge is 0.335 e. The molecule has 2 heterocycles. The van der Waals surface area contributed by atoms with E-state index >= 15 is 0 Å². The molecule has 0 bridgehead atoms. The lowest BCUT2D eigenvalue weighted by molar-refractivity contribution is 0.0697. The predicted octanol–water partition coefficient (Wildman–Crippen LogP) is 1.23. The van der Waals surface area contributed by atoms with Gasteiger partial charge in [-0.3, -0.25) is 0 Å². The third kappa shape index (κ3) is 2.58. The van der Waals surface area contributed by atoms with Crippen molar-refractivity contribution in [3.8, 4) is 0 Å². The molecule has 1 saturated heterocycles. The summed E-state index contributed by atoms with van der Waals surface area (Å²) in [4.78, 5) is 15.0. The number of carbonyl (C=O) groups is 1. The molecule has 1 aromatic heterocycles. The second kappa shape index (κ2) is 4.97. The number of hydrogen-bond donors (Lipinski definition) is 1. The zero-order chi connectivity index (χ0) is 13.2. The Morgan fingerprint density at radius 3 is 2.63 bits per heavy atom. The third-order valence-corrected chi connectivity index (χ3v) is 3.48. The molecule has 6 heteroatoms. The molecule has 1 aromatic carbocycles. The minimum Gasteiger partial charge on any atom is -0.478 e. The van der Waals surface area contributed by atoms with Crippen molar-refractivity contribution in [1.29, 1.82) is 0 Å². The predicted molar refractivity (Wildman–Crippen MR) is 70.2 cm³/mol. The summed E-state index contributed by atoms with van der Waals surface area (Å²) in [7, 11) is 0. The van der Waals surface area contributed by atoms with Crippen LogP contribution in [-0.2, 0) is 6.54 Å². The van der Waals surface area contributed by atoms with Gasteiger partial charge < -0.3 is 10.0 Å². The van der Waals surface area contributed by atoms with Crippen molar-refractivity contribution in [2.75, 3.05) is 19.6 Å². The Bertz CT molecular complexity index is 602. The number of carboxylic acid groups (broad SMARTS) is 1. The highest BCUT2D eigenvalue weighted by atomic mass is 16.4. The molecule has 0 saturated carbocycles. The molecule has 0 radical (unpaired) electrons. The summed E-state index contributed by atoms with van der Waals surface area (Å²) in [6, 6.07) is 4.83. The Morgan fingerprint density at radius 1 is 1.16 bits per heavy atom. The maximum Gasteiger partial charge on any atom is 0.335 e. The first-order valence-corrected chi connectivity index (χ1v) is 6.53. The van der Waals surface area contributed by atoms with Gasteiger partial charge in [0, 0.05) is 6.54 Å². The number of carboxylic acids is 1. The number of aromatic carboxylic acids is 1. The number of hydrogen-bond acceptors (Lipinski definition) is 4. The highest BCUT2D eigenvalue weighted by Gasteiger charge is 2.12. The van der Waals surface area contributed by atoms with Crippen LogP contribution in [0.4, 0.5) is 0 Å².